The first kappa shape index (κ1) is 13.4. The molecule has 0 radical (unpaired) electrons. The summed E-state index contributed by atoms with van der Waals surface area (Å²) < 4.78 is 0. The van der Waals surface area contributed by atoms with Gasteiger partial charge in [0.05, 0.1) is 0 Å². The van der Waals surface area contributed by atoms with E-state index in [1.165, 1.54) is 0 Å². The number of amides is 1. The first-order valence-corrected chi connectivity index (χ1v) is 7.01. The summed E-state index contributed by atoms with van der Waals surface area (Å²) >= 11 is 6.28. The summed E-state index contributed by atoms with van der Waals surface area (Å²) in [6, 6.07) is 9.58. The number of carbonyl (C=O) groups excluding carboxylic acids is 1. The number of piperidine rings is 1. The van der Waals surface area contributed by atoms with Crippen molar-refractivity contribution in [2.45, 2.75) is 25.6 Å². The van der Waals surface area contributed by atoms with Crippen molar-refractivity contribution in [2.24, 2.45) is 11.8 Å². The van der Waals surface area contributed by atoms with Crippen molar-refractivity contribution in [2.75, 3.05) is 13.1 Å². The molecule has 1 aromatic rings. The first-order chi connectivity index (χ1) is 8.59. The Balaban J connectivity index is 2.03. The molecule has 1 aliphatic rings. The Morgan fingerprint density at radius 1 is 1.28 bits per heavy atom. The molecule has 3 atom stereocenters. The summed E-state index contributed by atoms with van der Waals surface area (Å²) in [5.74, 6) is 1.29. The summed E-state index contributed by atoms with van der Waals surface area (Å²) in [5.41, 5.74) is 0.885. The van der Waals surface area contributed by atoms with Gasteiger partial charge in [-0.15, -0.1) is 11.6 Å². The van der Waals surface area contributed by atoms with Gasteiger partial charge in [0.15, 0.2) is 0 Å². The van der Waals surface area contributed by atoms with Gasteiger partial charge in [-0.3, -0.25) is 4.79 Å². The fraction of sp³-hybridized carbons (Fsp3) is 0.533. The number of rotatable bonds is 2. The van der Waals surface area contributed by atoms with Gasteiger partial charge in [0, 0.05) is 13.1 Å². The monoisotopic (exact) mass is 265 g/mol. The minimum absolute atomic E-state index is 0.0432. The second-order valence-electron chi connectivity index (χ2n) is 5.30. The number of carbonyl (C=O) groups is 1. The van der Waals surface area contributed by atoms with Crippen molar-refractivity contribution < 1.29 is 4.79 Å². The lowest BCUT2D eigenvalue weighted by Gasteiger charge is -2.36. The molecule has 1 aromatic carbocycles. The molecule has 98 valence electrons. The van der Waals surface area contributed by atoms with Gasteiger partial charge in [0.25, 0.3) is 0 Å². The molecule has 18 heavy (non-hydrogen) atoms. The smallest absolute Gasteiger partial charge is 0.245 e. The van der Waals surface area contributed by atoms with Crippen LogP contribution in [0, 0.1) is 11.8 Å². The lowest BCUT2D eigenvalue weighted by atomic mass is 9.88. The molecule has 0 spiro atoms. The summed E-state index contributed by atoms with van der Waals surface area (Å²) in [5, 5.41) is -0.549. The molecule has 0 N–H and O–H groups in total. The highest BCUT2D eigenvalue weighted by molar-refractivity contribution is 6.30. The maximum Gasteiger partial charge on any atom is 0.245 e. The molecule has 2 nitrogen and oxygen atoms in total. The molecule has 3 unspecified atom stereocenters. The van der Waals surface area contributed by atoms with Crippen LogP contribution in [-0.4, -0.2) is 23.9 Å². The van der Waals surface area contributed by atoms with E-state index in [0.29, 0.717) is 11.8 Å². The SMILES string of the molecule is CC1CCN(C(=O)C(Cl)c2ccccc2)CC1C. The molecule has 1 fully saturated rings. The van der Waals surface area contributed by atoms with Crippen LogP contribution >= 0.6 is 11.6 Å². The van der Waals surface area contributed by atoms with Gasteiger partial charge in [0.2, 0.25) is 5.91 Å². The predicted molar refractivity (Wildman–Crippen MR) is 74.6 cm³/mol. The maximum atomic E-state index is 12.3. The molecular weight excluding hydrogens is 246 g/mol. The van der Waals surface area contributed by atoms with Crippen molar-refractivity contribution in [1.29, 1.82) is 0 Å². The van der Waals surface area contributed by atoms with Crippen LogP contribution in [0.4, 0.5) is 0 Å². The number of halogens is 1. The number of hydrogen-bond acceptors (Lipinski definition) is 1. The first-order valence-electron chi connectivity index (χ1n) is 6.57. The molecule has 3 heteroatoms. The van der Waals surface area contributed by atoms with Gasteiger partial charge in [0.1, 0.15) is 5.38 Å². The highest BCUT2D eigenvalue weighted by atomic mass is 35.5. The number of alkyl halides is 1. The third-order valence-electron chi connectivity index (χ3n) is 3.95. The van der Waals surface area contributed by atoms with Crippen molar-refractivity contribution in [3.05, 3.63) is 35.9 Å². The highest BCUT2D eigenvalue weighted by Gasteiger charge is 2.29. The van der Waals surface area contributed by atoms with Crippen molar-refractivity contribution in [3.63, 3.8) is 0 Å². The molecule has 2 rings (SSSR count). The summed E-state index contributed by atoms with van der Waals surface area (Å²) in [6.07, 6.45) is 1.07. The molecule has 1 heterocycles. The Kier molecular flexibility index (Phi) is 4.28. The average Bonchev–Trinajstić information content (AvgIpc) is 2.41. The molecule has 1 saturated heterocycles. The zero-order valence-electron chi connectivity index (χ0n) is 11.0. The number of likely N-dealkylation sites (tertiary alicyclic amines) is 1. The fourth-order valence-electron chi connectivity index (χ4n) is 2.39. The lowest BCUT2D eigenvalue weighted by Crippen LogP contribution is -2.43. The van der Waals surface area contributed by atoms with Crippen molar-refractivity contribution in [1.82, 2.24) is 4.90 Å². The molecule has 0 saturated carbocycles. The third kappa shape index (κ3) is 2.86. The standard InChI is InChI=1S/C15H20ClNO/c1-11-8-9-17(10-12(11)2)15(18)14(16)13-6-4-3-5-7-13/h3-7,11-12,14H,8-10H2,1-2H3. The van der Waals surface area contributed by atoms with E-state index >= 15 is 0 Å². The van der Waals surface area contributed by atoms with E-state index in [1.54, 1.807) is 0 Å². The van der Waals surface area contributed by atoms with E-state index in [4.69, 9.17) is 11.6 Å². The Labute approximate surface area is 114 Å². The van der Waals surface area contributed by atoms with Crippen LogP contribution in [0.5, 0.6) is 0 Å². The Morgan fingerprint density at radius 3 is 2.56 bits per heavy atom. The zero-order valence-corrected chi connectivity index (χ0v) is 11.7. The van der Waals surface area contributed by atoms with Crippen LogP contribution in [0.2, 0.25) is 0 Å². The summed E-state index contributed by atoms with van der Waals surface area (Å²) in [4.78, 5) is 14.3. The zero-order chi connectivity index (χ0) is 13.1. The van der Waals surface area contributed by atoms with Crippen LogP contribution < -0.4 is 0 Å². The Morgan fingerprint density at radius 2 is 1.94 bits per heavy atom. The maximum absolute atomic E-state index is 12.3. The van der Waals surface area contributed by atoms with Gasteiger partial charge in [-0.1, -0.05) is 44.2 Å². The van der Waals surface area contributed by atoms with Crippen LogP contribution in [-0.2, 0) is 4.79 Å². The largest absolute Gasteiger partial charge is 0.341 e. The van der Waals surface area contributed by atoms with Crippen LogP contribution in [0.3, 0.4) is 0 Å². The Hall–Kier alpha value is -1.02. The minimum atomic E-state index is -0.549. The van der Waals surface area contributed by atoms with Gasteiger partial charge < -0.3 is 4.90 Å². The molecule has 0 aromatic heterocycles. The quantitative estimate of drug-likeness (QED) is 0.750. The lowest BCUT2D eigenvalue weighted by molar-refractivity contribution is -0.133. The van der Waals surface area contributed by atoms with E-state index in [0.717, 1.165) is 25.1 Å². The number of nitrogens with zero attached hydrogens (tertiary/aromatic N) is 1. The van der Waals surface area contributed by atoms with Crippen LogP contribution in [0.1, 0.15) is 31.2 Å². The highest BCUT2D eigenvalue weighted by Crippen LogP contribution is 2.28. The van der Waals surface area contributed by atoms with Gasteiger partial charge >= 0.3 is 0 Å². The summed E-state index contributed by atoms with van der Waals surface area (Å²) in [6.45, 7) is 6.12. The summed E-state index contributed by atoms with van der Waals surface area (Å²) in [7, 11) is 0. The molecule has 1 amide bonds. The average molecular weight is 266 g/mol. The molecule has 1 aliphatic heterocycles. The van der Waals surface area contributed by atoms with Crippen LogP contribution in [0.25, 0.3) is 0 Å². The van der Waals surface area contributed by atoms with E-state index in [-0.39, 0.29) is 5.91 Å². The fourth-order valence-corrected chi connectivity index (χ4v) is 2.67. The van der Waals surface area contributed by atoms with Gasteiger partial charge in [-0.05, 0) is 23.8 Å². The van der Waals surface area contributed by atoms with Crippen molar-refractivity contribution >= 4 is 17.5 Å². The van der Waals surface area contributed by atoms with Crippen LogP contribution in [0.15, 0.2) is 30.3 Å². The van der Waals surface area contributed by atoms with E-state index in [2.05, 4.69) is 13.8 Å². The Bertz CT molecular complexity index is 406. The minimum Gasteiger partial charge on any atom is -0.341 e. The van der Waals surface area contributed by atoms with E-state index in [9.17, 15) is 4.79 Å². The second-order valence-corrected chi connectivity index (χ2v) is 5.74. The van der Waals surface area contributed by atoms with Crippen molar-refractivity contribution in [3.8, 4) is 0 Å². The normalized spacial score (nSPS) is 25.8. The number of benzene rings is 1. The van der Waals surface area contributed by atoms with E-state index in [1.807, 2.05) is 35.2 Å². The second kappa shape index (κ2) is 5.75. The molecule has 0 aliphatic carbocycles. The molecule has 0 bridgehead atoms. The van der Waals surface area contributed by atoms with Gasteiger partial charge in [-0.2, -0.15) is 0 Å². The predicted octanol–water partition coefficient (Wildman–Crippen LogP) is 3.47. The van der Waals surface area contributed by atoms with Gasteiger partial charge in [-0.25, -0.2) is 0 Å². The van der Waals surface area contributed by atoms with E-state index < -0.39 is 5.38 Å². The topological polar surface area (TPSA) is 20.3 Å². The molecular formula is C15H20ClNO. The number of hydrogen-bond donors (Lipinski definition) is 0. The third-order valence-corrected chi connectivity index (χ3v) is 4.39.